The Kier molecular flexibility index (Phi) is 2.85. The molecule has 0 radical (unpaired) electrons. The van der Waals surface area contributed by atoms with Crippen molar-refractivity contribution in [3.63, 3.8) is 0 Å². The molecule has 3 heterocycles. The van der Waals surface area contributed by atoms with Crippen LogP contribution in [0.1, 0.15) is 12.8 Å². The van der Waals surface area contributed by atoms with Crippen molar-refractivity contribution >= 4 is 11.6 Å². The van der Waals surface area contributed by atoms with Gasteiger partial charge in [-0.25, -0.2) is 0 Å². The molecule has 1 aromatic carbocycles. The molecule has 3 heteroatoms. The number of nitrogens with zero attached hydrogens (tertiary/aromatic N) is 1. The number of hydrogen-bond acceptors (Lipinski definition) is 2. The number of piperidine rings is 3. The largest absolute Gasteiger partial charge is 0.326 e. The van der Waals surface area contributed by atoms with Crippen LogP contribution >= 0.6 is 0 Å². The average molecular weight is 230 g/mol. The number of benzene rings is 1. The molecule has 3 fully saturated rings. The molecule has 1 N–H and O–H groups in total. The topological polar surface area (TPSA) is 32.3 Å². The molecule has 1 aromatic rings. The van der Waals surface area contributed by atoms with Crippen molar-refractivity contribution in [2.24, 2.45) is 11.8 Å². The summed E-state index contributed by atoms with van der Waals surface area (Å²) in [6.45, 7) is 3.31. The summed E-state index contributed by atoms with van der Waals surface area (Å²) in [6.07, 6.45) is 2.37. The van der Waals surface area contributed by atoms with Crippen LogP contribution in [-0.4, -0.2) is 30.4 Å². The van der Waals surface area contributed by atoms with Crippen LogP contribution < -0.4 is 5.32 Å². The minimum absolute atomic E-state index is 0.192. The first-order valence-corrected chi connectivity index (χ1v) is 6.41. The lowest BCUT2D eigenvalue weighted by molar-refractivity contribution is -0.125. The Morgan fingerprint density at radius 1 is 1.18 bits per heavy atom. The molecule has 17 heavy (non-hydrogen) atoms. The van der Waals surface area contributed by atoms with E-state index in [4.69, 9.17) is 0 Å². The maximum atomic E-state index is 12.2. The van der Waals surface area contributed by atoms with Crippen molar-refractivity contribution in [2.75, 3.05) is 25.0 Å². The SMILES string of the molecule is O=C(Nc1ccccc1)C1CN2CCC1CC2. The number of para-hydroxylation sites is 1. The standard InChI is InChI=1S/C14H18N2O/c17-14(15-12-4-2-1-3-5-12)13-10-16-8-6-11(13)7-9-16/h1-5,11,13H,6-10H2,(H,15,17). The maximum Gasteiger partial charge on any atom is 0.229 e. The summed E-state index contributed by atoms with van der Waals surface area (Å²) in [5.41, 5.74) is 0.911. The van der Waals surface area contributed by atoms with Crippen molar-refractivity contribution in [1.29, 1.82) is 0 Å². The molecule has 0 spiro atoms. The molecule has 3 saturated heterocycles. The van der Waals surface area contributed by atoms with Crippen molar-refractivity contribution in [2.45, 2.75) is 12.8 Å². The Hall–Kier alpha value is -1.35. The van der Waals surface area contributed by atoms with E-state index in [-0.39, 0.29) is 11.8 Å². The summed E-state index contributed by atoms with van der Waals surface area (Å²) in [5, 5.41) is 3.03. The lowest BCUT2D eigenvalue weighted by atomic mass is 9.78. The smallest absolute Gasteiger partial charge is 0.229 e. The summed E-state index contributed by atoms with van der Waals surface area (Å²) in [6, 6.07) is 9.75. The van der Waals surface area contributed by atoms with Gasteiger partial charge in [0.2, 0.25) is 5.91 Å². The Labute approximate surface area is 102 Å². The fourth-order valence-electron chi connectivity index (χ4n) is 3.02. The fourth-order valence-corrected chi connectivity index (χ4v) is 3.02. The van der Waals surface area contributed by atoms with Gasteiger partial charge >= 0.3 is 0 Å². The van der Waals surface area contributed by atoms with Crippen molar-refractivity contribution in [3.05, 3.63) is 30.3 Å². The second-order valence-corrected chi connectivity index (χ2v) is 5.10. The first-order valence-electron chi connectivity index (χ1n) is 6.41. The number of rotatable bonds is 2. The summed E-state index contributed by atoms with van der Waals surface area (Å²) < 4.78 is 0. The quantitative estimate of drug-likeness (QED) is 0.842. The highest BCUT2D eigenvalue weighted by molar-refractivity contribution is 5.93. The van der Waals surface area contributed by atoms with E-state index in [0.717, 1.165) is 12.2 Å². The number of nitrogens with one attached hydrogen (secondary N) is 1. The summed E-state index contributed by atoms with van der Waals surface area (Å²) >= 11 is 0. The molecule has 3 aliphatic heterocycles. The molecule has 0 aromatic heterocycles. The Bertz CT molecular complexity index is 396. The van der Waals surface area contributed by atoms with E-state index in [1.807, 2.05) is 30.3 Å². The predicted octanol–water partition coefficient (Wildman–Crippen LogP) is 1.97. The lowest BCUT2D eigenvalue weighted by Gasteiger charge is -2.43. The van der Waals surface area contributed by atoms with Crippen LogP contribution in [0.5, 0.6) is 0 Å². The van der Waals surface area contributed by atoms with E-state index < -0.39 is 0 Å². The van der Waals surface area contributed by atoms with Gasteiger partial charge in [0.15, 0.2) is 0 Å². The number of fused-ring (bicyclic) bond motifs is 3. The van der Waals surface area contributed by atoms with E-state index in [0.29, 0.717) is 5.92 Å². The normalized spacial score (nSPS) is 31.2. The highest BCUT2D eigenvalue weighted by Crippen LogP contribution is 2.32. The third-order valence-corrected chi connectivity index (χ3v) is 4.03. The molecular formula is C14H18N2O. The molecule has 2 bridgehead atoms. The highest BCUT2D eigenvalue weighted by Gasteiger charge is 2.38. The molecule has 90 valence electrons. The van der Waals surface area contributed by atoms with Crippen LogP contribution in [-0.2, 0) is 4.79 Å². The van der Waals surface area contributed by atoms with Crippen molar-refractivity contribution in [1.82, 2.24) is 4.90 Å². The molecular weight excluding hydrogens is 212 g/mol. The van der Waals surface area contributed by atoms with Gasteiger partial charge in [-0.2, -0.15) is 0 Å². The zero-order valence-corrected chi connectivity index (χ0v) is 9.93. The van der Waals surface area contributed by atoms with Gasteiger partial charge in [-0.1, -0.05) is 18.2 Å². The number of carbonyl (C=O) groups is 1. The van der Waals surface area contributed by atoms with Crippen LogP contribution in [0, 0.1) is 11.8 Å². The second-order valence-electron chi connectivity index (χ2n) is 5.10. The van der Waals surface area contributed by atoms with E-state index in [1.165, 1.54) is 25.9 Å². The van der Waals surface area contributed by atoms with Crippen molar-refractivity contribution < 1.29 is 4.79 Å². The van der Waals surface area contributed by atoms with Crippen LogP contribution in [0.2, 0.25) is 0 Å². The zero-order valence-electron chi connectivity index (χ0n) is 9.93. The molecule has 3 aliphatic rings. The molecule has 1 unspecified atom stereocenters. The van der Waals surface area contributed by atoms with Gasteiger partial charge in [0.1, 0.15) is 0 Å². The van der Waals surface area contributed by atoms with E-state index in [1.54, 1.807) is 0 Å². The van der Waals surface area contributed by atoms with Gasteiger partial charge in [-0.05, 0) is 44.0 Å². The molecule has 3 nitrogen and oxygen atoms in total. The third-order valence-electron chi connectivity index (χ3n) is 4.03. The Morgan fingerprint density at radius 2 is 1.88 bits per heavy atom. The molecule has 4 rings (SSSR count). The number of carbonyl (C=O) groups excluding carboxylic acids is 1. The number of amides is 1. The van der Waals surface area contributed by atoms with Gasteiger partial charge in [-0.15, -0.1) is 0 Å². The Balaban J connectivity index is 1.67. The summed E-state index contributed by atoms with van der Waals surface area (Å²) in [4.78, 5) is 14.6. The second kappa shape index (κ2) is 4.49. The predicted molar refractivity (Wildman–Crippen MR) is 67.7 cm³/mol. The minimum atomic E-state index is 0.192. The van der Waals surface area contributed by atoms with Gasteiger partial charge in [-0.3, -0.25) is 4.79 Å². The van der Waals surface area contributed by atoms with Crippen molar-refractivity contribution in [3.8, 4) is 0 Å². The van der Waals surface area contributed by atoms with Crippen LogP contribution in [0.3, 0.4) is 0 Å². The van der Waals surface area contributed by atoms with Gasteiger partial charge < -0.3 is 10.2 Å². The molecule has 1 amide bonds. The number of hydrogen-bond donors (Lipinski definition) is 1. The van der Waals surface area contributed by atoms with Crippen LogP contribution in [0.4, 0.5) is 5.69 Å². The van der Waals surface area contributed by atoms with Crippen LogP contribution in [0.15, 0.2) is 30.3 Å². The first kappa shape index (κ1) is 10.8. The average Bonchev–Trinajstić information content (AvgIpc) is 2.41. The van der Waals surface area contributed by atoms with E-state index in [2.05, 4.69) is 10.2 Å². The van der Waals surface area contributed by atoms with Crippen LogP contribution in [0.25, 0.3) is 0 Å². The summed E-state index contributed by atoms with van der Waals surface area (Å²) in [7, 11) is 0. The maximum absolute atomic E-state index is 12.2. The van der Waals surface area contributed by atoms with Gasteiger partial charge in [0.25, 0.3) is 0 Å². The highest BCUT2D eigenvalue weighted by atomic mass is 16.1. The van der Waals surface area contributed by atoms with E-state index >= 15 is 0 Å². The molecule has 0 aliphatic carbocycles. The zero-order chi connectivity index (χ0) is 11.7. The monoisotopic (exact) mass is 230 g/mol. The summed E-state index contributed by atoms with van der Waals surface area (Å²) in [5.74, 6) is 0.993. The fraction of sp³-hybridized carbons (Fsp3) is 0.500. The number of anilines is 1. The Morgan fingerprint density at radius 3 is 2.47 bits per heavy atom. The minimum Gasteiger partial charge on any atom is -0.326 e. The third kappa shape index (κ3) is 2.20. The van der Waals surface area contributed by atoms with Gasteiger partial charge in [0.05, 0.1) is 5.92 Å². The first-order chi connectivity index (χ1) is 8.33. The molecule has 0 saturated carbocycles. The lowest BCUT2D eigenvalue weighted by Crippen LogP contribution is -2.51. The van der Waals surface area contributed by atoms with Gasteiger partial charge in [0, 0.05) is 12.2 Å². The van der Waals surface area contributed by atoms with E-state index in [9.17, 15) is 4.79 Å². The molecule has 1 atom stereocenters.